The molecule has 2 heterocycles. The van der Waals surface area contributed by atoms with Crippen molar-refractivity contribution in [3.63, 3.8) is 0 Å². The lowest BCUT2D eigenvalue weighted by atomic mass is 9.90. The van der Waals surface area contributed by atoms with Gasteiger partial charge in [0.25, 0.3) is 5.91 Å². The van der Waals surface area contributed by atoms with Gasteiger partial charge in [-0.2, -0.15) is 0 Å². The number of halogens is 3. The Hall–Kier alpha value is -3.59. The van der Waals surface area contributed by atoms with Crippen molar-refractivity contribution in [2.24, 2.45) is 0 Å². The Kier molecular flexibility index (Phi) is 7.55. The second kappa shape index (κ2) is 10.8. The Labute approximate surface area is 206 Å². The van der Waals surface area contributed by atoms with Crippen LogP contribution >= 0.6 is 11.6 Å². The van der Waals surface area contributed by atoms with Crippen molar-refractivity contribution in [3.8, 4) is 0 Å². The van der Waals surface area contributed by atoms with Crippen LogP contribution in [-0.2, 0) is 11.2 Å². The molecule has 7 nitrogen and oxygen atoms in total. The van der Waals surface area contributed by atoms with Crippen LogP contribution in [0.5, 0.6) is 0 Å². The molecule has 1 aliphatic heterocycles. The fourth-order valence-corrected chi connectivity index (χ4v) is 4.29. The number of hydrogen-bond donors (Lipinski definition) is 2. The maximum atomic E-state index is 13.9. The van der Waals surface area contributed by atoms with Gasteiger partial charge in [0.05, 0.1) is 23.4 Å². The van der Waals surface area contributed by atoms with Gasteiger partial charge in [-0.05, 0) is 50.1 Å². The van der Waals surface area contributed by atoms with E-state index in [-0.39, 0.29) is 23.8 Å². The molecule has 1 saturated heterocycles. The van der Waals surface area contributed by atoms with Crippen LogP contribution in [-0.4, -0.2) is 39.8 Å². The largest absolute Gasteiger partial charge is 0.342 e. The number of nitrogens with one attached hydrogen (secondary N) is 2. The quantitative estimate of drug-likeness (QED) is 0.490. The Morgan fingerprint density at radius 2 is 1.80 bits per heavy atom. The van der Waals surface area contributed by atoms with Crippen LogP contribution in [0.4, 0.5) is 14.5 Å². The Morgan fingerprint density at radius 1 is 1.11 bits per heavy atom. The molecular weight excluding hydrogens is 476 g/mol. The Morgan fingerprint density at radius 3 is 2.49 bits per heavy atom. The van der Waals surface area contributed by atoms with Crippen molar-refractivity contribution >= 4 is 29.1 Å². The first-order valence-corrected chi connectivity index (χ1v) is 11.6. The molecule has 0 saturated carbocycles. The van der Waals surface area contributed by atoms with E-state index in [9.17, 15) is 18.4 Å². The first-order chi connectivity index (χ1) is 16.8. The minimum atomic E-state index is -0.730. The van der Waals surface area contributed by atoms with E-state index >= 15 is 0 Å². The normalized spacial score (nSPS) is 14.0. The number of hydrogen-bond acceptors (Lipinski definition) is 5. The molecule has 3 aromatic rings. The number of benzene rings is 2. The van der Waals surface area contributed by atoms with Gasteiger partial charge >= 0.3 is 0 Å². The number of nitrogens with zero attached hydrogens (tertiary/aromatic N) is 3. The molecule has 4 rings (SSSR count). The van der Waals surface area contributed by atoms with Crippen LogP contribution in [0.15, 0.2) is 48.7 Å². The molecule has 0 atom stereocenters. The standard InChI is InChI=1S/C25H24ClF2N5O2/c1-15-29-14-20(25(35)32-31-18-5-2-4-17(26)12-18)24(30-15)16-8-10-33(11-9-16)23(34)13-19-21(27)6-3-7-22(19)28/h2-7,12,14,16,31H,8-11,13H2,1H3,(H,32,35). The van der Waals surface area contributed by atoms with Crippen LogP contribution < -0.4 is 10.9 Å². The summed E-state index contributed by atoms with van der Waals surface area (Å²) in [4.78, 5) is 35.9. The van der Waals surface area contributed by atoms with E-state index in [2.05, 4.69) is 20.8 Å². The molecule has 0 radical (unpaired) electrons. The number of likely N-dealkylation sites (tertiary alicyclic amines) is 1. The fourth-order valence-electron chi connectivity index (χ4n) is 4.10. The summed E-state index contributed by atoms with van der Waals surface area (Å²) in [5.74, 6) is -1.73. The van der Waals surface area contributed by atoms with Crippen LogP contribution in [0, 0.1) is 18.6 Å². The van der Waals surface area contributed by atoms with Gasteiger partial charge in [0.15, 0.2) is 0 Å². The molecule has 0 spiro atoms. The fraction of sp³-hybridized carbons (Fsp3) is 0.280. The third-order valence-corrected chi connectivity index (χ3v) is 6.19. The number of carbonyl (C=O) groups excluding carboxylic acids is 2. The number of aryl methyl sites for hydroxylation is 1. The molecule has 0 bridgehead atoms. The topological polar surface area (TPSA) is 87.2 Å². The van der Waals surface area contributed by atoms with Crippen LogP contribution in [0.2, 0.25) is 5.02 Å². The van der Waals surface area contributed by atoms with E-state index < -0.39 is 17.5 Å². The van der Waals surface area contributed by atoms with Gasteiger partial charge in [-0.3, -0.25) is 20.4 Å². The summed E-state index contributed by atoms with van der Waals surface area (Å²) < 4.78 is 27.9. The third-order valence-electron chi connectivity index (χ3n) is 5.95. The molecular formula is C25H24ClF2N5O2. The minimum absolute atomic E-state index is 0.0714. The van der Waals surface area contributed by atoms with E-state index in [0.29, 0.717) is 53.7 Å². The number of rotatable bonds is 6. The van der Waals surface area contributed by atoms with E-state index in [4.69, 9.17) is 11.6 Å². The predicted octanol–water partition coefficient (Wildman–Crippen LogP) is 4.42. The van der Waals surface area contributed by atoms with Gasteiger partial charge in [-0.25, -0.2) is 18.7 Å². The lowest BCUT2D eigenvalue weighted by Crippen LogP contribution is -2.39. The number of anilines is 1. The van der Waals surface area contributed by atoms with Crippen molar-refractivity contribution in [3.05, 3.63) is 88.0 Å². The summed E-state index contributed by atoms with van der Waals surface area (Å²) in [5, 5.41) is 0.530. The van der Waals surface area contributed by atoms with Gasteiger partial charge in [0.2, 0.25) is 5.91 Å². The van der Waals surface area contributed by atoms with Crippen molar-refractivity contribution < 1.29 is 18.4 Å². The Balaban J connectivity index is 1.41. The predicted molar refractivity (Wildman–Crippen MR) is 128 cm³/mol. The van der Waals surface area contributed by atoms with Gasteiger partial charge in [-0.15, -0.1) is 0 Å². The van der Waals surface area contributed by atoms with Gasteiger partial charge in [0.1, 0.15) is 17.5 Å². The monoisotopic (exact) mass is 499 g/mol. The summed E-state index contributed by atoms with van der Waals surface area (Å²) in [6, 6.07) is 10.5. The molecule has 182 valence electrons. The molecule has 2 aromatic carbocycles. The average molecular weight is 500 g/mol. The average Bonchev–Trinajstić information content (AvgIpc) is 2.85. The van der Waals surface area contributed by atoms with Crippen molar-refractivity contribution in [2.45, 2.75) is 32.1 Å². The van der Waals surface area contributed by atoms with Crippen LogP contribution in [0.3, 0.4) is 0 Å². The number of piperidine rings is 1. The lowest BCUT2D eigenvalue weighted by molar-refractivity contribution is -0.131. The van der Waals surface area contributed by atoms with Crippen LogP contribution in [0.1, 0.15) is 46.2 Å². The molecule has 0 aliphatic carbocycles. The molecule has 1 aliphatic rings. The van der Waals surface area contributed by atoms with Gasteiger partial charge < -0.3 is 4.90 Å². The maximum Gasteiger partial charge on any atom is 0.273 e. The van der Waals surface area contributed by atoms with E-state index in [0.717, 1.165) is 12.1 Å². The van der Waals surface area contributed by atoms with Crippen molar-refractivity contribution in [1.29, 1.82) is 0 Å². The first-order valence-electron chi connectivity index (χ1n) is 11.2. The number of carbonyl (C=O) groups is 2. The summed E-state index contributed by atoms with van der Waals surface area (Å²) in [5.41, 5.74) is 6.81. The van der Waals surface area contributed by atoms with E-state index in [1.165, 1.54) is 12.3 Å². The lowest BCUT2D eigenvalue weighted by Gasteiger charge is -2.32. The zero-order valence-electron chi connectivity index (χ0n) is 19.0. The number of aromatic nitrogens is 2. The molecule has 1 fully saturated rings. The number of hydrazine groups is 1. The molecule has 10 heteroatoms. The molecule has 2 N–H and O–H groups in total. The number of amides is 2. The summed E-state index contributed by atoms with van der Waals surface area (Å²) >= 11 is 5.98. The van der Waals surface area contributed by atoms with Gasteiger partial charge in [0, 0.05) is 35.8 Å². The first kappa shape index (κ1) is 24.5. The highest BCUT2D eigenvalue weighted by atomic mass is 35.5. The third kappa shape index (κ3) is 5.92. The smallest absolute Gasteiger partial charge is 0.273 e. The van der Waals surface area contributed by atoms with E-state index in [1.807, 2.05) is 0 Å². The SMILES string of the molecule is Cc1ncc(C(=O)NNc2cccc(Cl)c2)c(C2CCN(C(=O)Cc3c(F)cccc3F)CC2)n1. The molecule has 35 heavy (non-hydrogen) atoms. The highest BCUT2D eigenvalue weighted by molar-refractivity contribution is 6.30. The van der Waals surface area contributed by atoms with Gasteiger partial charge in [-0.1, -0.05) is 23.7 Å². The Bertz CT molecular complexity index is 1230. The van der Waals surface area contributed by atoms with Crippen LogP contribution in [0.25, 0.3) is 0 Å². The highest BCUT2D eigenvalue weighted by Gasteiger charge is 2.29. The van der Waals surface area contributed by atoms with Crippen molar-refractivity contribution in [1.82, 2.24) is 20.3 Å². The molecule has 1 aromatic heterocycles. The zero-order valence-corrected chi connectivity index (χ0v) is 19.8. The maximum absolute atomic E-state index is 13.9. The highest BCUT2D eigenvalue weighted by Crippen LogP contribution is 2.29. The second-order valence-corrected chi connectivity index (χ2v) is 8.77. The minimum Gasteiger partial charge on any atom is -0.342 e. The zero-order chi connectivity index (χ0) is 24.9. The summed E-state index contributed by atoms with van der Waals surface area (Å²) in [6.07, 6.45) is 2.28. The summed E-state index contributed by atoms with van der Waals surface area (Å²) in [6.45, 7) is 2.53. The second-order valence-electron chi connectivity index (χ2n) is 8.34. The molecule has 0 unspecified atom stereocenters. The summed E-state index contributed by atoms with van der Waals surface area (Å²) in [7, 11) is 0. The van der Waals surface area contributed by atoms with Crippen molar-refractivity contribution in [2.75, 3.05) is 18.5 Å². The molecule has 2 amide bonds. The van der Waals surface area contributed by atoms with E-state index in [1.54, 1.807) is 36.1 Å².